The van der Waals surface area contributed by atoms with Crippen LogP contribution >= 0.6 is 11.8 Å². The van der Waals surface area contributed by atoms with Crippen LogP contribution in [0.5, 0.6) is 0 Å². The largest absolute Gasteiger partial charge is 0.361 e. The lowest BCUT2D eigenvalue weighted by Gasteiger charge is -2.15. The maximum atomic E-state index is 11.6. The van der Waals surface area contributed by atoms with E-state index in [0.29, 0.717) is 5.69 Å². The third kappa shape index (κ3) is 5.52. The van der Waals surface area contributed by atoms with Gasteiger partial charge in [-0.25, -0.2) is 9.97 Å². The number of nitrogens with one attached hydrogen (secondary N) is 2. The predicted octanol–water partition coefficient (Wildman–Crippen LogP) is 5.21. The van der Waals surface area contributed by atoms with Crippen molar-refractivity contribution < 1.29 is 9.59 Å². The lowest BCUT2D eigenvalue weighted by atomic mass is 10.1. The highest BCUT2D eigenvalue weighted by atomic mass is 32.2. The Morgan fingerprint density at radius 1 is 1.03 bits per heavy atom. The lowest BCUT2D eigenvalue weighted by molar-refractivity contribution is -0.134. The molecule has 0 aliphatic heterocycles. The highest BCUT2D eigenvalue weighted by molar-refractivity contribution is 7.99. The van der Waals surface area contributed by atoms with Gasteiger partial charge >= 0.3 is 11.8 Å². The Labute approximate surface area is 202 Å². The minimum atomic E-state index is -1.02. The number of carbonyl (C=O) groups is 2. The van der Waals surface area contributed by atoms with Gasteiger partial charge in [0, 0.05) is 32.8 Å². The minimum absolute atomic E-state index is 0.504. The molecule has 0 atom stereocenters. The van der Waals surface area contributed by atoms with E-state index in [0.717, 1.165) is 56.3 Å². The number of carbonyl (C=O) groups excluding carboxylic acids is 2. The summed E-state index contributed by atoms with van der Waals surface area (Å²) < 4.78 is 0. The van der Waals surface area contributed by atoms with Crippen molar-refractivity contribution in [2.45, 2.75) is 36.5 Å². The molecule has 0 saturated heterocycles. The number of hydrogen-bond acceptors (Lipinski definition) is 6. The number of pyridine rings is 2. The van der Waals surface area contributed by atoms with Crippen LogP contribution in [0.4, 0.5) is 17.1 Å². The summed E-state index contributed by atoms with van der Waals surface area (Å²) in [7, 11) is 0. The number of aryl methyl sites for hydroxylation is 2. The van der Waals surface area contributed by atoms with Crippen molar-refractivity contribution in [3.8, 4) is 0 Å². The fourth-order valence-corrected chi connectivity index (χ4v) is 4.45. The molecule has 0 aliphatic rings. The lowest BCUT2D eigenvalue weighted by Crippen LogP contribution is -2.29. The molecule has 2 aromatic carbocycles. The first-order valence-corrected chi connectivity index (χ1v) is 11.8. The van der Waals surface area contributed by atoms with Crippen molar-refractivity contribution in [3.05, 3.63) is 78.1 Å². The molecule has 2 heterocycles. The van der Waals surface area contributed by atoms with E-state index in [1.165, 1.54) is 0 Å². The Kier molecular flexibility index (Phi) is 7.08. The molecule has 0 fully saturated rings. The predicted molar refractivity (Wildman–Crippen MR) is 136 cm³/mol. The number of benzene rings is 2. The van der Waals surface area contributed by atoms with Gasteiger partial charge in [0.25, 0.3) is 0 Å². The number of amides is 2. The molecule has 2 amide bonds. The second-order valence-corrected chi connectivity index (χ2v) is 8.97. The number of fused-ring (bicyclic) bond motifs is 1. The third-order valence-corrected chi connectivity index (χ3v) is 6.18. The second kappa shape index (κ2) is 10.4. The molecule has 0 bridgehead atoms. The van der Waals surface area contributed by atoms with E-state index in [9.17, 15) is 9.59 Å². The van der Waals surface area contributed by atoms with Gasteiger partial charge in [0.2, 0.25) is 0 Å². The molecule has 4 rings (SSSR count). The zero-order valence-electron chi connectivity index (χ0n) is 19.0. The smallest absolute Gasteiger partial charge is 0.313 e. The van der Waals surface area contributed by atoms with Crippen molar-refractivity contribution in [2.24, 2.45) is 5.73 Å². The molecule has 8 heteroatoms. The number of primary amides is 1. The normalized spacial score (nSPS) is 10.8. The van der Waals surface area contributed by atoms with Gasteiger partial charge in [0.15, 0.2) is 5.65 Å². The Morgan fingerprint density at radius 2 is 1.88 bits per heavy atom. The standard InChI is InChI=1S/C26H25N5O2S/c1-3-5-17-9-10-20-21(12-13-28-25(20)29-17)31-22-14-16(2)8-11-23(22)34-19-7-4-6-18(15-19)30-26(33)24(27)32/h4,6-15H,3,5H2,1-2H3,(H2,27,32)(H,30,33)(H,28,29,31). The van der Waals surface area contributed by atoms with Crippen LogP contribution in [0.2, 0.25) is 0 Å². The molecule has 0 spiro atoms. The van der Waals surface area contributed by atoms with E-state index in [2.05, 4.69) is 52.9 Å². The Hall–Kier alpha value is -3.91. The van der Waals surface area contributed by atoms with Gasteiger partial charge in [0.1, 0.15) is 0 Å². The van der Waals surface area contributed by atoms with Gasteiger partial charge in [-0.3, -0.25) is 9.59 Å². The van der Waals surface area contributed by atoms with Crippen LogP contribution in [0.25, 0.3) is 11.0 Å². The summed E-state index contributed by atoms with van der Waals surface area (Å²) in [5.41, 5.74) is 10.3. The molecule has 0 saturated carbocycles. The van der Waals surface area contributed by atoms with Gasteiger partial charge in [-0.15, -0.1) is 0 Å². The van der Waals surface area contributed by atoms with Crippen molar-refractivity contribution in [1.29, 1.82) is 0 Å². The molecule has 0 aliphatic carbocycles. The van der Waals surface area contributed by atoms with E-state index >= 15 is 0 Å². The summed E-state index contributed by atoms with van der Waals surface area (Å²) in [5.74, 6) is -1.87. The Morgan fingerprint density at radius 3 is 2.68 bits per heavy atom. The number of nitrogens with two attached hydrogens (primary N) is 1. The zero-order valence-corrected chi connectivity index (χ0v) is 19.8. The summed E-state index contributed by atoms with van der Waals surface area (Å²) in [6.07, 6.45) is 3.72. The molecule has 2 aromatic heterocycles. The summed E-state index contributed by atoms with van der Waals surface area (Å²) >= 11 is 1.55. The summed E-state index contributed by atoms with van der Waals surface area (Å²) in [6, 6.07) is 19.5. The van der Waals surface area contributed by atoms with Crippen molar-refractivity contribution in [3.63, 3.8) is 0 Å². The van der Waals surface area contributed by atoms with Gasteiger partial charge in [0.05, 0.1) is 11.4 Å². The first-order valence-electron chi connectivity index (χ1n) is 10.9. The monoisotopic (exact) mass is 471 g/mol. The van der Waals surface area contributed by atoms with Crippen LogP contribution in [0.3, 0.4) is 0 Å². The fourth-order valence-electron chi connectivity index (χ4n) is 3.51. The third-order valence-electron chi connectivity index (χ3n) is 5.12. The van der Waals surface area contributed by atoms with Crippen LogP contribution in [-0.2, 0) is 16.0 Å². The summed E-state index contributed by atoms with van der Waals surface area (Å²) in [4.78, 5) is 33.8. The molecule has 7 nitrogen and oxygen atoms in total. The molecule has 4 N–H and O–H groups in total. The zero-order chi connectivity index (χ0) is 24.1. The van der Waals surface area contributed by atoms with Gasteiger partial charge in [-0.05, 0) is 67.4 Å². The maximum absolute atomic E-state index is 11.6. The average Bonchev–Trinajstić information content (AvgIpc) is 2.81. The van der Waals surface area contributed by atoms with E-state index < -0.39 is 11.8 Å². The number of rotatable bonds is 7. The first-order chi connectivity index (χ1) is 16.4. The average molecular weight is 472 g/mol. The minimum Gasteiger partial charge on any atom is -0.361 e. The van der Waals surface area contributed by atoms with Crippen LogP contribution in [0.1, 0.15) is 24.6 Å². The number of nitrogens with zero attached hydrogens (tertiary/aromatic N) is 2. The molecule has 172 valence electrons. The molecule has 0 unspecified atom stereocenters. The van der Waals surface area contributed by atoms with E-state index in [4.69, 9.17) is 10.7 Å². The number of aromatic nitrogens is 2. The van der Waals surface area contributed by atoms with Crippen LogP contribution in [0, 0.1) is 6.92 Å². The fraction of sp³-hybridized carbons (Fsp3) is 0.154. The Balaban J connectivity index is 1.63. The van der Waals surface area contributed by atoms with E-state index in [1.54, 1.807) is 30.1 Å². The van der Waals surface area contributed by atoms with Gasteiger partial charge in [-0.1, -0.05) is 37.2 Å². The van der Waals surface area contributed by atoms with Gasteiger partial charge in [-0.2, -0.15) is 0 Å². The van der Waals surface area contributed by atoms with Crippen molar-refractivity contribution in [1.82, 2.24) is 9.97 Å². The van der Waals surface area contributed by atoms with Crippen LogP contribution < -0.4 is 16.4 Å². The Bertz CT molecular complexity index is 1370. The first kappa shape index (κ1) is 23.3. The molecule has 34 heavy (non-hydrogen) atoms. The van der Waals surface area contributed by atoms with Gasteiger partial charge < -0.3 is 16.4 Å². The maximum Gasteiger partial charge on any atom is 0.313 e. The quantitative estimate of drug-likeness (QED) is 0.319. The molecular formula is C26H25N5O2S. The topological polar surface area (TPSA) is 110 Å². The summed E-state index contributed by atoms with van der Waals surface area (Å²) in [5, 5.41) is 7.02. The van der Waals surface area contributed by atoms with Crippen LogP contribution in [-0.4, -0.2) is 21.8 Å². The highest BCUT2D eigenvalue weighted by Crippen LogP contribution is 2.37. The molecule has 0 radical (unpaired) electrons. The number of hydrogen-bond donors (Lipinski definition) is 3. The van der Waals surface area contributed by atoms with E-state index in [-0.39, 0.29) is 0 Å². The van der Waals surface area contributed by atoms with Crippen LogP contribution in [0.15, 0.2) is 76.7 Å². The number of anilines is 3. The van der Waals surface area contributed by atoms with Crippen molar-refractivity contribution >= 4 is 51.7 Å². The summed E-state index contributed by atoms with van der Waals surface area (Å²) in [6.45, 7) is 4.18. The van der Waals surface area contributed by atoms with E-state index in [1.807, 2.05) is 25.1 Å². The highest BCUT2D eigenvalue weighted by Gasteiger charge is 2.12. The SMILES string of the molecule is CCCc1ccc2c(Nc3cc(C)ccc3Sc3cccc(NC(=O)C(N)=O)c3)ccnc2n1. The second-order valence-electron chi connectivity index (χ2n) is 7.86. The molecular weight excluding hydrogens is 446 g/mol. The van der Waals surface area contributed by atoms with Crippen molar-refractivity contribution in [2.75, 3.05) is 10.6 Å². The molecule has 4 aromatic rings.